The van der Waals surface area contributed by atoms with Gasteiger partial charge in [-0.05, 0) is 46.1 Å². The van der Waals surface area contributed by atoms with Gasteiger partial charge in [-0.25, -0.2) is 9.79 Å². The number of hydrogen-bond donors (Lipinski definition) is 0. The number of esters is 1. The van der Waals surface area contributed by atoms with Gasteiger partial charge in [0.2, 0.25) is 0 Å². The third kappa shape index (κ3) is 4.89. The molecule has 10 heteroatoms. The van der Waals surface area contributed by atoms with E-state index in [0.29, 0.717) is 42.8 Å². The molecule has 178 valence electrons. The van der Waals surface area contributed by atoms with Crippen LogP contribution in [0.5, 0.6) is 5.75 Å². The number of fused-ring (bicyclic) bond motifs is 1. The predicted molar refractivity (Wildman–Crippen MR) is 140 cm³/mol. The van der Waals surface area contributed by atoms with E-state index in [9.17, 15) is 9.59 Å². The summed E-state index contributed by atoms with van der Waals surface area (Å²) in [6.45, 7) is 1.77. The molecule has 0 amide bonds. The number of aromatic nitrogens is 1. The fourth-order valence-electron chi connectivity index (χ4n) is 3.90. The maximum absolute atomic E-state index is 13.7. The van der Waals surface area contributed by atoms with Gasteiger partial charge in [-0.2, -0.15) is 5.26 Å². The van der Waals surface area contributed by atoms with Crippen molar-refractivity contribution in [2.24, 2.45) is 4.99 Å². The van der Waals surface area contributed by atoms with Crippen LogP contribution in [0.25, 0.3) is 6.08 Å². The third-order valence-electron chi connectivity index (χ3n) is 5.37. The van der Waals surface area contributed by atoms with Crippen molar-refractivity contribution in [3.63, 3.8) is 0 Å². The maximum atomic E-state index is 13.7. The number of carbonyl (C=O) groups excluding carboxylic acids is 1. The van der Waals surface area contributed by atoms with Crippen molar-refractivity contribution in [1.82, 2.24) is 4.57 Å². The van der Waals surface area contributed by atoms with E-state index in [4.69, 9.17) is 14.7 Å². The van der Waals surface area contributed by atoms with Crippen LogP contribution in [-0.4, -0.2) is 24.3 Å². The summed E-state index contributed by atoms with van der Waals surface area (Å²) in [6.07, 6.45) is 2.21. The zero-order chi connectivity index (χ0) is 25.1. The first kappa shape index (κ1) is 25.1. The van der Waals surface area contributed by atoms with E-state index in [1.165, 1.54) is 18.4 Å². The van der Waals surface area contributed by atoms with E-state index in [1.54, 1.807) is 16.7 Å². The average Bonchev–Trinajstić information content (AvgIpc) is 3.16. The summed E-state index contributed by atoms with van der Waals surface area (Å²) >= 11 is 8.16. The molecule has 0 fully saturated rings. The van der Waals surface area contributed by atoms with Crippen molar-refractivity contribution in [1.29, 1.82) is 5.26 Å². The van der Waals surface area contributed by atoms with Crippen LogP contribution >= 0.6 is 43.2 Å². The van der Waals surface area contributed by atoms with Crippen LogP contribution in [0.2, 0.25) is 0 Å². The molecule has 1 aliphatic rings. The molecule has 2 heterocycles. The molecule has 0 radical (unpaired) electrons. The minimum atomic E-state index is -0.666. The van der Waals surface area contributed by atoms with Gasteiger partial charge in [-0.3, -0.25) is 9.36 Å². The third-order valence-corrected chi connectivity index (χ3v) is 7.40. The summed E-state index contributed by atoms with van der Waals surface area (Å²) in [5, 5.41) is 8.97. The minimum absolute atomic E-state index is 0.140. The molecule has 0 saturated carbocycles. The number of nitrogens with zero attached hydrogens (tertiary/aromatic N) is 3. The lowest BCUT2D eigenvalue weighted by molar-refractivity contribution is -0.136. The molecule has 0 bridgehead atoms. The Morgan fingerprint density at radius 1 is 1.29 bits per heavy atom. The van der Waals surface area contributed by atoms with Gasteiger partial charge in [-0.1, -0.05) is 64.5 Å². The highest BCUT2D eigenvalue weighted by Gasteiger charge is 2.33. The molecule has 0 spiro atoms. The number of hydrogen-bond acceptors (Lipinski definition) is 7. The van der Waals surface area contributed by atoms with Crippen molar-refractivity contribution >= 4 is 55.2 Å². The Kier molecular flexibility index (Phi) is 7.69. The molecule has 0 unspecified atom stereocenters. The van der Waals surface area contributed by atoms with Crippen LogP contribution in [-0.2, 0) is 9.53 Å². The second kappa shape index (κ2) is 10.7. The molecule has 0 aliphatic carbocycles. The molecule has 0 N–H and O–H groups in total. The van der Waals surface area contributed by atoms with Gasteiger partial charge in [-0.15, -0.1) is 0 Å². The van der Waals surface area contributed by atoms with Crippen molar-refractivity contribution < 1.29 is 14.3 Å². The zero-order valence-electron chi connectivity index (χ0n) is 18.7. The van der Waals surface area contributed by atoms with Crippen LogP contribution in [0, 0.1) is 11.3 Å². The number of thiazole rings is 1. The van der Waals surface area contributed by atoms with Crippen LogP contribution < -0.4 is 19.6 Å². The second-order valence-electron chi connectivity index (χ2n) is 7.45. The molecule has 4 rings (SSSR count). The van der Waals surface area contributed by atoms with E-state index in [1.807, 2.05) is 49.4 Å². The van der Waals surface area contributed by atoms with E-state index in [0.717, 1.165) is 10.0 Å². The van der Waals surface area contributed by atoms with Gasteiger partial charge in [0.1, 0.15) is 11.8 Å². The quantitative estimate of drug-likeness (QED) is 0.387. The highest BCUT2D eigenvalue weighted by Crippen LogP contribution is 2.34. The monoisotopic (exact) mass is 615 g/mol. The fraction of sp³-hybridized carbons (Fsp3) is 0.200. The number of benzene rings is 2. The topological polar surface area (TPSA) is 93.7 Å². The average molecular weight is 617 g/mol. The molecular formula is C25H19Br2N3O4S. The van der Waals surface area contributed by atoms with Gasteiger partial charge >= 0.3 is 5.97 Å². The molecule has 35 heavy (non-hydrogen) atoms. The van der Waals surface area contributed by atoms with Gasteiger partial charge in [0.25, 0.3) is 5.56 Å². The standard InChI is InChI=1S/C25H19Br2N3O4S/c1-3-18-20(24(32)33-2)21(14-7-5-4-6-8-14)30-23(31)19(35-25(30)29-18)12-15-11-16(26)13-17(27)22(15)34-10-9-28/h4-8,11-13,21H,3,10H2,1-2H3/b19-12+/t21-/m1/s1. The Balaban J connectivity index is 2.00. The first-order valence-electron chi connectivity index (χ1n) is 10.6. The normalized spacial score (nSPS) is 15.3. The van der Waals surface area contributed by atoms with Crippen molar-refractivity contribution in [2.45, 2.75) is 19.4 Å². The highest BCUT2D eigenvalue weighted by atomic mass is 79.9. The van der Waals surface area contributed by atoms with Gasteiger partial charge in [0.15, 0.2) is 11.4 Å². The number of carbonyl (C=O) groups is 1. The summed E-state index contributed by atoms with van der Waals surface area (Å²) in [6, 6.07) is 14.3. The lowest BCUT2D eigenvalue weighted by Crippen LogP contribution is -2.40. The van der Waals surface area contributed by atoms with Crippen LogP contribution in [0.15, 0.2) is 72.5 Å². The van der Waals surface area contributed by atoms with Crippen molar-refractivity contribution in [3.05, 3.63) is 93.5 Å². The molecule has 1 atom stereocenters. The lowest BCUT2D eigenvalue weighted by atomic mass is 9.95. The van der Waals surface area contributed by atoms with E-state index in [2.05, 4.69) is 36.9 Å². The van der Waals surface area contributed by atoms with E-state index < -0.39 is 12.0 Å². The number of allylic oxidation sites excluding steroid dienone is 1. The Labute approximate surface area is 221 Å². The predicted octanol–water partition coefficient (Wildman–Crippen LogP) is 4.23. The first-order chi connectivity index (χ1) is 16.9. The molecular weight excluding hydrogens is 598 g/mol. The number of ether oxygens (including phenoxy) is 2. The maximum Gasteiger partial charge on any atom is 0.338 e. The van der Waals surface area contributed by atoms with Gasteiger partial charge < -0.3 is 9.47 Å². The summed E-state index contributed by atoms with van der Waals surface area (Å²) in [5.74, 6) is -0.0680. The van der Waals surface area contributed by atoms with Crippen LogP contribution in [0.4, 0.5) is 0 Å². The molecule has 2 aromatic carbocycles. The summed E-state index contributed by atoms with van der Waals surface area (Å²) in [7, 11) is 1.32. The molecule has 0 saturated heterocycles. The molecule has 3 aromatic rings. The van der Waals surface area contributed by atoms with Crippen LogP contribution in [0.3, 0.4) is 0 Å². The Morgan fingerprint density at radius 2 is 2.03 bits per heavy atom. The zero-order valence-corrected chi connectivity index (χ0v) is 22.7. The SMILES string of the molecule is CCC1=C(C(=O)OC)[C@@H](c2ccccc2)n2c(s/c(=C/c3cc(Br)cc(Br)c3OCC#N)c2=O)=N1. The number of nitriles is 1. The first-order valence-corrected chi connectivity index (χ1v) is 13.0. The number of methoxy groups -OCH3 is 1. The van der Waals surface area contributed by atoms with Gasteiger partial charge in [0, 0.05) is 10.0 Å². The van der Waals surface area contributed by atoms with E-state index in [-0.39, 0.29) is 12.2 Å². The van der Waals surface area contributed by atoms with Gasteiger partial charge in [0.05, 0.1) is 33.4 Å². The summed E-state index contributed by atoms with van der Waals surface area (Å²) in [5.41, 5.74) is 2.04. The minimum Gasteiger partial charge on any atom is -0.477 e. The molecule has 1 aromatic heterocycles. The molecule has 7 nitrogen and oxygen atoms in total. The Bertz CT molecular complexity index is 1550. The number of halogens is 2. The summed E-state index contributed by atoms with van der Waals surface area (Å²) < 4.78 is 14.1. The largest absolute Gasteiger partial charge is 0.477 e. The lowest BCUT2D eigenvalue weighted by Gasteiger charge is -2.25. The van der Waals surface area contributed by atoms with Crippen LogP contribution in [0.1, 0.15) is 30.5 Å². The Hall–Kier alpha value is -3.00. The fourth-order valence-corrected chi connectivity index (χ4v) is 6.28. The Morgan fingerprint density at radius 3 is 2.69 bits per heavy atom. The smallest absolute Gasteiger partial charge is 0.338 e. The summed E-state index contributed by atoms with van der Waals surface area (Å²) in [4.78, 5) is 31.7. The second-order valence-corrected chi connectivity index (χ2v) is 10.2. The van der Waals surface area contributed by atoms with Crippen molar-refractivity contribution in [2.75, 3.05) is 13.7 Å². The number of rotatable bonds is 6. The van der Waals surface area contributed by atoms with E-state index >= 15 is 0 Å². The van der Waals surface area contributed by atoms with Crippen molar-refractivity contribution in [3.8, 4) is 11.8 Å². The molecule has 1 aliphatic heterocycles. The highest BCUT2D eigenvalue weighted by molar-refractivity contribution is 9.11.